The molecule has 0 atom stereocenters. The molecule has 0 amide bonds. The summed E-state index contributed by atoms with van der Waals surface area (Å²) in [5, 5.41) is 5.27. The first-order valence-electron chi connectivity index (χ1n) is 15.9. The number of thiophene rings is 2. The molecular weight excluding hydrogens is 607 g/mol. The van der Waals surface area contributed by atoms with E-state index >= 15 is 0 Å². The van der Waals surface area contributed by atoms with Crippen LogP contribution in [0, 0.1) is 0 Å². The highest BCUT2D eigenvalue weighted by atomic mass is 32.1. The Morgan fingerprint density at radius 1 is 0.362 bits per heavy atom. The van der Waals surface area contributed by atoms with Crippen LogP contribution in [0.4, 0.5) is 0 Å². The van der Waals surface area contributed by atoms with Crippen molar-refractivity contribution >= 4 is 74.1 Å². The number of aromatic nitrogens is 1. The summed E-state index contributed by atoms with van der Waals surface area (Å²) in [7, 11) is 0. The number of hydrogen-bond donors (Lipinski definition) is 0. The molecule has 0 aliphatic carbocycles. The SMILES string of the molecule is c1ccc(-c2ccc3c(c2)sc2cc(-c4ccc(-c5cccc6c5sc5c7ccccc7n(-c7ccccc7)c65)cc4)ccc23)cc1. The van der Waals surface area contributed by atoms with Gasteiger partial charge in [0.1, 0.15) is 0 Å². The van der Waals surface area contributed by atoms with Gasteiger partial charge in [-0.05, 0) is 63.7 Å². The number of rotatable bonds is 4. The molecule has 1 nitrogen and oxygen atoms in total. The van der Waals surface area contributed by atoms with Gasteiger partial charge in [-0.3, -0.25) is 0 Å². The van der Waals surface area contributed by atoms with Crippen LogP contribution < -0.4 is 0 Å². The molecule has 10 rings (SSSR count). The van der Waals surface area contributed by atoms with E-state index in [1.807, 2.05) is 22.7 Å². The third-order valence-corrected chi connectivity index (χ3v) is 11.8. The molecular formula is C44H27NS2. The first-order chi connectivity index (χ1) is 23.3. The van der Waals surface area contributed by atoms with Gasteiger partial charge in [0.25, 0.3) is 0 Å². The lowest BCUT2D eigenvalue weighted by Gasteiger charge is -2.09. The predicted molar refractivity (Wildman–Crippen MR) is 205 cm³/mol. The van der Waals surface area contributed by atoms with Gasteiger partial charge in [-0.15, -0.1) is 22.7 Å². The van der Waals surface area contributed by atoms with Crippen LogP contribution in [-0.4, -0.2) is 4.57 Å². The minimum atomic E-state index is 1.19. The van der Waals surface area contributed by atoms with Crippen LogP contribution in [0.15, 0.2) is 164 Å². The van der Waals surface area contributed by atoms with Crippen molar-refractivity contribution < 1.29 is 0 Å². The van der Waals surface area contributed by atoms with Crippen molar-refractivity contribution in [3.8, 4) is 39.1 Å². The molecule has 220 valence electrons. The maximum atomic E-state index is 2.43. The van der Waals surface area contributed by atoms with E-state index in [1.54, 1.807) is 0 Å². The Kier molecular flexibility index (Phi) is 5.98. The molecule has 0 spiro atoms. The predicted octanol–water partition coefficient (Wildman–Crippen LogP) is 13.4. The van der Waals surface area contributed by atoms with Gasteiger partial charge in [0, 0.05) is 41.3 Å². The van der Waals surface area contributed by atoms with Gasteiger partial charge in [0.15, 0.2) is 0 Å². The molecule has 0 saturated carbocycles. The summed E-state index contributed by atoms with van der Waals surface area (Å²) >= 11 is 3.80. The lowest BCUT2D eigenvalue weighted by atomic mass is 9.98. The summed E-state index contributed by atoms with van der Waals surface area (Å²) in [4.78, 5) is 0. The Labute approximate surface area is 280 Å². The summed E-state index contributed by atoms with van der Waals surface area (Å²) < 4.78 is 7.77. The van der Waals surface area contributed by atoms with Gasteiger partial charge in [0.2, 0.25) is 0 Å². The number of hydrogen-bond acceptors (Lipinski definition) is 2. The van der Waals surface area contributed by atoms with Crippen LogP contribution in [-0.2, 0) is 0 Å². The van der Waals surface area contributed by atoms with Crippen LogP contribution in [0.3, 0.4) is 0 Å². The standard InChI is InChI=1S/C44H27NS2/c1-3-10-28(11-4-1)31-22-24-35-36-25-23-32(27-41(36)46-40(35)26-31)29-18-20-30(21-19-29)34-15-9-16-38-42-44(47-43(34)38)37-14-7-8-17-39(37)45(42)33-12-5-2-6-13-33/h1-27H. The van der Waals surface area contributed by atoms with Crippen molar-refractivity contribution in [2.45, 2.75) is 0 Å². The lowest BCUT2D eigenvalue weighted by Crippen LogP contribution is -1.92. The summed E-state index contributed by atoms with van der Waals surface area (Å²) in [6.07, 6.45) is 0. The van der Waals surface area contributed by atoms with E-state index in [-0.39, 0.29) is 0 Å². The third kappa shape index (κ3) is 4.21. The van der Waals surface area contributed by atoms with E-state index in [1.165, 1.54) is 90.4 Å². The van der Waals surface area contributed by atoms with Crippen molar-refractivity contribution in [2.24, 2.45) is 0 Å². The molecule has 0 unspecified atom stereocenters. The number of fused-ring (bicyclic) bond motifs is 8. The molecule has 0 N–H and O–H groups in total. The quantitative estimate of drug-likeness (QED) is 0.182. The van der Waals surface area contributed by atoms with Gasteiger partial charge in [-0.25, -0.2) is 0 Å². The largest absolute Gasteiger partial charge is 0.308 e. The second kappa shape index (κ2) is 10.5. The average molecular weight is 634 g/mol. The first kappa shape index (κ1) is 26.7. The molecule has 0 aliphatic rings. The normalized spacial score (nSPS) is 11.8. The molecule has 0 radical (unpaired) electrons. The maximum absolute atomic E-state index is 2.43. The third-order valence-electron chi connectivity index (χ3n) is 9.43. The minimum Gasteiger partial charge on any atom is -0.308 e. The number of para-hydroxylation sites is 2. The summed E-state index contributed by atoms with van der Waals surface area (Å²) in [6, 6.07) is 59.9. The van der Waals surface area contributed by atoms with E-state index in [0.29, 0.717) is 0 Å². The molecule has 0 fully saturated rings. The van der Waals surface area contributed by atoms with E-state index in [2.05, 4.69) is 168 Å². The number of nitrogens with zero attached hydrogens (tertiary/aromatic N) is 1. The molecule has 7 aromatic carbocycles. The van der Waals surface area contributed by atoms with Crippen LogP contribution in [0.1, 0.15) is 0 Å². The summed E-state index contributed by atoms with van der Waals surface area (Å²) in [5.41, 5.74) is 11.3. The Morgan fingerprint density at radius 3 is 1.66 bits per heavy atom. The Balaban J connectivity index is 1.05. The van der Waals surface area contributed by atoms with Crippen molar-refractivity contribution in [1.29, 1.82) is 0 Å². The van der Waals surface area contributed by atoms with Crippen molar-refractivity contribution in [3.05, 3.63) is 164 Å². The Morgan fingerprint density at radius 2 is 0.936 bits per heavy atom. The first-order valence-corrected chi connectivity index (χ1v) is 17.6. The highest BCUT2D eigenvalue weighted by Gasteiger charge is 2.19. The van der Waals surface area contributed by atoms with E-state index < -0.39 is 0 Å². The van der Waals surface area contributed by atoms with Crippen LogP contribution in [0.2, 0.25) is 0 Å². The van der Waals surface area contributed by atoms with Crippen molar-refractivity contribution in [3.63, 3.8) is 0 Å². The topological polar surface area (TPSA) is 4.93 Å². The second-order valence-electron chi connectivity index (χ2n) is 12.1. The highest BCUT2D eigenvalue weighted by Crippen LogP contribution is 2.46. The molecule has 47 heavy (non-hydrogen) atoms. The summed E-state index contributed by atoms with van der Waals surface area (Å²) in [5.74, 6) is 0. The smallest absolute Gasteiger partial charge is 0.0727 e. The minimum absolute atomic E-state index is 1.19. The molecule has 0 saturated heterocycles. The zero-order chi connectivity index (χ0) is 30.9. The zero-order valence-electron chi connectivity index (χ0n) is 25.4. The van der Waals surface area contributed by atoms with E-state index in [9.17, 15) is 0 Å². The second-order valence-corrected chi connectivity index (χ2v) is 14.2. The highest BCUT2D eigenvalue weighted by molar-refractivity contribution is 7.27. The van der Waals surface area contributed by atoms with E-state index in [0.717, 1.165) is 0 Å². The molecule has 3 heteroatoms. The zero-order valence-corrected chi connectivity index (χ0v) is 27.0. The van der Waals surface area contributed by atoms with Crippen molar-refractivity contribution in [2.75, 3.05) is 0 Å². The average Bonchev–Trinajstić information content (AvgIpc) is 3.80. The fourth-order valence-corrected chi connectivity index (χ4v) is 9.71. The van der Waals surface area contributed by atoms with Gasteiger partial charge in [0.05, 0.1) is 15.7 Å². The van der Waals surface area contributed by atoms with Crippen LogP contribution in [0.25, 0.3) is 90.4 Å². The maximum Gasteiger partial charge on any atom is 0.0727 e. The number of benzene rings is 7. The molecule has 0 aliphatic heterocycles. The van der Waals surface area contributed by atoms with Gasteiger partial charge in [-0.2, -0.15) is 0 Å². The fraction of sp³-hybridized carbons (Fsp3) is 0. The van der Waals surface area contributed by atoms with Gasteiger partial charge < -0.3 is 4.57 Å². The molecule has 3 aromatic heterocycles. The van der Waals surface area contributed by atoms with Crippen LogP contribution in [0.5, 0.6) is 0 Å². The molecule has 0 bridgehead atoms. The van der Waals surface area contributed by atoms with Crippen molar-refractivity contribution in [1.82, 2.24) is 4.57 Å². The van der Waals surface area contributed by atoms with E-state index in [4.69, 9.17) is 0 Å². The lowest BCUT2D eigenvalue weighted by molar-refractivity contribution is 1.19. The van der Waals surface area contributed by atoms with Gasteiger partial charge >= 0.3 is 0 Å². The van der Waals surface area contributed by atoms with Crippen LogP contribution >= 0.6 is 22.7 Å². The monoisotopic (exact) mass is 633 g/mol. The van der Waals surface area contributed by atoms with Gasteiger partial charge in [-0.1, -0.05) is 133 Å². The summed E-state index contributed by atoms with van der Waals surface area (Å²) in [6.45, 7) is 0. The Bertz CT molecular complexity index is 2760. The molecule has 3 heterocycles. The fourth-order valence-electron chi connectivity index (χ4n) is 7.17. The Hall–Kier alpha value is -5.48. The molecule has 10 aromatic rings.